The molecule has 0 N–H and O–H groups in total. The largest absolute Gasteiger partial charge is 0.384 e. The van der Waals surface area contributed by atoms with E-state index < -0.39 is 0 Å². The van der Waals surface area contributed by atoms with Crippen molar-refractivity contribution in [2.75, 3.05) is 13.7 Å². The number of aromatic nitrogens is 3. The molecule has 0 unspecified atom stereocenters. The zero-order valence-electron chi connectivity index (χ0n) is 8.66. The van der Waals surface area contributed by atoms with Crippen molar-refractivity contribution in [3.8, 4) is 0 Å². The van der Waals surface area contributed by atoms with Gasteiger partial charge in [-0.05, 0) is 6.42 Å². The number of hydrogen-bond acceptors (Lipinski definition) is 3. The van der Waals surface area contributed by atoms with Crippen LogP contribution in [0.15, 0.2) is 0 Å². The van der Waals surface area contributed by atoms with E-state index >= 15 is 0 Å². The molecule has 0 aliphatic carbocycles. The highest BCUT2D eigenvalue weighted by Gasteiger charge is 2.09. The Hall–Kier alpha value is -0.610. The van der Waals surface area contributed by atoms with Crippen LogP contribution in [0.1, 0.15) is 25.0 Å². The van der Waals surface area contributed by atoms with E-state index in [2.05, 4.69) is 21.7 Å². The van der Waals surface area contributed by atoms with Crippen molar-refractivity contribution in [3.05, 3.63) is 11.6 Å². The summed E-state index contributed by atoms with van der Waals surface area (Å²) in [5, 5.41) is 8.12. The van der Waals surface area contributed by atoms with Gasteiger partial charge >= 0.3 is 0 Å². The van der Waals surface area contributed by atoms with Crippen molar-refractivity contribution >= 4 is 11.6 Å². The number of nitrogens with zero attached hydrogens (tertiary/aromatic N) is 3. The zero-order valence-corrected chi connectivity index (χ0v) is 9.42. The molecule has 0 bridgehead atoms. The molecule has 0 aliphatic rings. The first-order valence-electron chi connectivity index (χ1n) is 4.79. The van der Waals surface area contributed by atoms with E-state index in [1.807, 2.05) is 0 Å². The molecule has 80 valence electrons. The fourth-order valence-electron chi connectivity index (χ4n) is 1.33. The quantitative estimate of drug-likeness (QED) is 0.680. The van der Waals surface area contributed by atoms with Crippen LogP contribution in [-0.4, -0.2) is 28.5 Å². The minimum atomic E-state index is 0.417. The van der Waals surface area contributed by atoms with E-state index in [0.717, 1.165) is 31.0 Å². The summed E-state index contributed by atoms with van der Waals surface area (Å²) in [7, 11) is 1.68. The van der Waals surface area contributed by atoms with Crippen molar-refractivity contribution in [2.24, 2.45) is 0 Å². The van der Waals surface area contributed by atoms with Gasteiger partial charge in [-0.15, -0.1) is 21.8 Å². The van der Waals surface area contributed by atoms with Gasteiger partial charge in [0.15, 0.2) is 0 Å². The number of hydrogen-bond donors (Lipinski definition) is 0. The van der Waals surface area contributed by atoms with Crippen LogP contribution >= 0.6 is 11.6 Å². The lowest BCUT2D eigenvalue weighted by atomic mass is 10.4. The van der Waals surface area contributed by atoms with E-state index in [-0.39, 0.29) is 0 Å². The standard InChI is InChI=1S/C9H16ClN3O/c1-3-5-13-8(4-6-14-2)11-12-9(13)7-10/h3-7H2,1-2H3. The minimum absolute atomic E-state index is 0.417. The van der Waals surface area contributed by atoms with E-state index in [1.54, 1.807) is 7.11 Å². The molecule has 0 amide bonds. The lowest BCUT2D eigenvalue weighted by Gasteiger charge is -2.06. The van der Waals surface area contributed by atoms with Crippen LogP contribution in [0.5, 0.6) is 0 Å². The molecule has 0 aliphatic heterocycles. The van der Waals surface area contributed by atoms with E-state index in [1.165, 1.54) is 0 Å². The van der Waals surface area contributed by atoms with E-state index in [9.17, 15) is 0 Å². The summed E-state index contributed by atoms with van der Waals surface area (Å²) in [6.07, 6.45) is 1.85. The molecular weight excluding hydrogens is 202 g/mol. The highest BCUT2D eigenvalue weighted by atomic mass is 35.5. The topological polar surface area (TPSA) is 39.9 Å². The Balaban J connectivity index is 2.75. The zero-order chi connectivity index (χ0) is 10.4. The third kappa shape index (κ3) is 2.69. The smallest absolute Gasteiger partial charge is 0.147 e. The molecule has 1 aromatic rings. The average Bonchev–Trinajstić information content (AvgIpc) is 2.58. The molecular formula is C9H16ClN3O. The fraction of sp³-hybridized carbons (Fsp3) is 0.778. The van der Waals surface area contributed by atoms with Gasteiger partial charge in [-0.2, -0.15) is 0 Å². The van der Waals surface area contributed by atoms with Crippen molar-refractivity contribution in [3.63, 3.8) is 0 Å². The van der Waals surface area contributed by atoms with Crippen LogP contribution in [0, 0.1) is 0 Å². The van der Waals surface area contributed by atoms with Gasteiger partial charge in [-0.3, -0.25) is 0 Å². The van der Waals surface area contributed by atoms with Crippen LogP contribution < -0.4 is 0 Å². The summed E-state index contributed by atoms with van der Waals surface area (Å²) < 4.78 is 7.08. The van der Waals surface area contributed by atoms with Crippen LogP contribution in [0.25, 0.3) is 0 Å². The third-order valence-electron chi connectivity index (χ3n) is 2.00. The maximum atomic E-state index is 5.76. The molecule has 1 rings (SSSR count). The lowest BCUT2D eigenvalue weighted by Crippen LogP contribution is -2.08. The molecule has 0 spiro atoms. The molecule has 0 atom stereocenters. The molecule has 14 heavy (non-hydrogen) atoms. The van der Waals surface area contributed by atoms with E-state index in [4.69, 9.17) is 16.3 Å². The highest BCUT2D eigenvalue weighted by molar-refractivity contribution is 6.16. The fourth-order valence-corrected chi connectivity index (χ4v) is 1.53. The number of methoxy groups -OCH3 is 1. The molecule has 5 heteroatoms. The van der Waals surface area contributed by atoms with Crippen molar-refractivity contribution in [2.45, 2.75) is 32.2 Å². The molecule has 0 fully saturated rings. The normalized spacial score (nSPS) is 10.8. The molecule has 1 aromatic heterocycles. The van der Waals surface area contributed by atoms with Gasteiger partial charge in [0.2, 0.25) is 0 Å². The Morgan fingerprint density at radius 1 is 1.36 bits per heavy atom. The Morgan fingerprint density at radius 2 is 2.07 bits per heavy atom. The maximum absolute atomic E-state index is 5.76. The lowest BCUT2D eigenvalue weighted by molar-refractivity contribution is 0.199. The second kappa shape index (κ2) is 5.98. The van der Waals surface area contributed by atoms with Crippen molar-refractivity contribution in [1.82, 2.24) is 14.8 Å². The summed E-state index contributed by atoms with van der Waals surface area (Å²) in [6, 6.07) is 0. The van der Waals surface area contributed by atoms with Crippen LogP contribution in [0.4, 0.5) is 0 Å². The predicted octanol–water partition coefficient (Wildman–Crippen LogP) is 1.62. The summed E-state index contributed by atoms with van der Waals surface area (Å²) in [4.78, 5) is 0. The SMILES string of the molecule is CCCn1c(CCl)nnc1CCOC. The molecule has 4 nitrogen and oxygen atoms in total. The summed E-state index contributed by atoms with van der Waals surface area (Å²) in [5.41, 5.74) is 0. The second-order valence-electron chi connectivity index (χ2n) is 3.06. The molecule has 0 saturated heterocycles. The molecule has 0 radical (unpaired) electrons. The molecule has 0 saturated carbocycles. The second-order valence-corrected chi connectivity index (χ2v) is 3.33. The maximum Gasteiger partial charge on any atom is 0.147 e. The van der Waals surface area contributed by atoms with Gasteiger partial charge in [0.25, 0.3) is 0 Å². The Labute approximate surface area is 89.2 Å². The Bertz CT molecular complexity index is 275. The average molecular weight is 218 g/mol. The number of ether oxygens (including phenoxy) is 1. The van der Waals surface area contributed by atoms with Crippen LogP contribution in [0.2, 0.25) is 0 Å². The Morgan fingerprint density at radius 3 is 2.64 bits per heavy atom. The number of rotatable bonds is 6. The molecule has 1 heterocycles. The first-order chi connectivity index (χ1) is 6.83. The van der Waals surface area contributed by atoms with Gasteiger partial charge < -0.3 is 9.30 Å². The van der Waals surface area contributed by atoms with Gasteiger partial charge in [0, 0.05) is 20.1 Å². The Kier molecular flexibility index (Phi) is 4.90. The van der Waals surface area contributed by atoms with Gasteiger partial charge in [-0.25, -0.2) is 0 Å². The number of halogens is 1. The van der Waals surface area contributed by atoms with Crippen molar-refractivity contribution < 1.29 is 4.74 Å². The monoisotopic (exact) mass is 217 g/mol. The van der Waals surface area contributed by atoms with Gasteiger partial charge in [-0.1, -0.05) is 6.92 Å². The third-order valence-corrected chi connectivity index (χ3v) is 2.24. The first-order valence-corrected chi connectivity index (χ1v) is 5.32. The van der Waals surface area contributed by atoms with Gasteiger partial charge in [0.05, 0.1) is 12.5 Å². The van der Waals surface area contributed by atoms with Gasteiger partial charge in [0.1, 0.15) is 11.6 Å². The highest BCUT2D eigenvalue weighted by Crippen LogP contribution is 2.07. The first kappa shape index (κ1) is 11.5. The minimum Gasteiger partial charge on any atom is -0.384 e. The summed E-state index contributed by atoms with van der Waals surface area (Å²) >= 11 is 5.76. The van der Waals surface area contributed by atoms with Crippen LogP contribution in [-0.2, 0) is 23.6 Å². The number of alkyl halides is 1. The summed E-state index contributed by atoms with van der Waals surface area (Å²) in [6.45, 7) is 3.72. The molecule has 0 aromatic carbocycles. The van der Waals surface area contributed by atoms with Crippen LogP contribution in [0.3, 0.4) is 0 Å². The van der Waals surface area contributed by atoms with E-state index in [0.29, 0.717) is 12.5 Å². The predicted molar refractivity (Wildman–Crippen MR) is 55.5 cm³/mol. The summed E-state index contributed by atoms with van der Waals surface area (Å²) in [5.74, 6) is 2.23. The van der Waals surface area contributed by atoms with Crippen molar-refractivity contribution in [1.29, 1.82) is 0 Å².